The van der Waals surface area contributed by atoms with E-state index in [9.17, 15) is 0 Å². The fourth-order valence-electron chi connectivity index (χ4n) is 1.67. The average Bonchev–Trinajstić information content (AvgIpc) is 2.87. The van der Waals surface area contributed by atoms with Gasteiger partial charge in [-0.15, -0.1) is 0 Å². The lowest BCUT2D eigenvalue weighted by Gasteiger charge is -2.02. The lowest BCUT2D eigenvalue weighted by molar-refractivity contribution is 0.484. The first kappa shape index (κ1) is 11.0. The van der Waals surface area contributed by atoms with Crippen molar-refractivity contribution in [3.63, 3.8) is 0 Å². The summed E-state index contributed by atoms with van der Waals surface area (Å²) in [5.74, 6) is 0.974. The van der Waals surface area contributed by atoms with Crippen molar-refractivity contribution in [2.24, 2.45) is 7.05 Å². The maximum atomic E-state index is 5.48. The van der Waals surface area contributed by atoms with E-state index in [0.717, 1.165) is 36.4 Å². The summed E-state index contributed by atoms with van der Waals surface area (Å²) in [6, 6.07) is 1.99. The van der Waals surface area contributed by atoms with Crippen molar-refractivity contribution in [1.29, 1.82) is 0 Å². The number of hydrogen-bond acceptors (Lipinski definition) is 3. The van der Waals surface area contributed by atoms with Gasteiger partial charge in [0, 0.05) is 24.4 Å². The van der Waals surface area contributed by atoms with Gasteiger partial charge in [0.15, 0.2) is 0 Å². The zero-order valence-electron chi connectivity index (χ0n) is 9.73. The normalized spacial score (nSPS) is 10.9. The van der Waals surface area contributed by atoms with E-state index in [-0.39, 0.29) is 0 Å². The molecule has 2 aromatic rings. The highest BCUT2D eigenvalue weighted by molar-refractivity contribution is 5.63. The minimum Gasteiger partial charge on any atom is -0.467 e. The molecule has 0 fully saturated rings. The highest BCUT2D eigenvalue weighted by Crippen LogP contribution is 2.23. The van der Waals surface area contributed by atoms with E-state index in [0.29, 0.717) is 0 Å². The van der Waals surface area contributed by atoms with Gasteiger partial charge in [0.05, 0.1) is 19.0 Å². The van der Waals surface area contributed by atoms with Crippen LogP contribution in [0.2, 0.25) is 0 Å². The molecule has 0 amide bonds. The van der Waals surface area contributed by atoms with Crippen LogP contribution >= 0.6 is 0 Å². The van der Waals surface area contributed by atoms with Gasteiger partial charge in [-0.2, -0.15) is 5.10 Å². The molecule has 0 unspecified atom stereocenters. The van der Waals surface area contributed by atoms with E-state index >= 15 is 0 Å². The summed E-state index contributed by atoms with van der Waals surface area (Å²) in [5, 5.41) is 7.50. The lowest BCUT2D eigenvalue weighted by atomic mass is 10.1. The number of aryl methyl sites for hydroxylation is 1. The summed E-state index contributed by atoms with van der Waals surface area (Å²) in [5.41, 5.74) is 2.22. The second-order valence-corrected chi connectivity index (χ2v) is 3.84. The molecule has 0 radical (unpaired) electrons. The molecule has 0 spiro atoms. The molecule has 0 aliphatic carbocycles. The smallest absolute Gasteiger partial charge is 0.125 e. The maximum absolute atomic E-state index is 5.48. The van der Waals surface area contributed by atoms with E-state index in [1.165, 1.54) is 0 Å². The Balaban J connectivity index is 2.12. The Morgan fingerprint density at radius 1 is 1.50 bits per heavy atom. The van der Waals surface area contributed by atoms with Crippen LogP contribution in [0.1, 0.15) is 19.1 Å². The van der Waals surface area contributed by atoms with E-state index in [1.807, 2.05) is 25.5 Å². The predicted octanol–water partition coefficient (Wildman–Crippen LogP) is 2.18. The fraction of sp³-hybridized carbons (Fsp3) is 0.417. The van der Waals surface area contributed by atoms with Gasteiger partial charge in [-0.1, -0.05) is 6.92 Å². The molecule has 0 aromatic carbocycles. The van der Waals surface area contributed by atoms with Gasteiger partial charge in [0.1, 0.15) is 5.76 Å². The van der Waals surface area contributed by atoms with E-state index in [2.05, 4.69) is 17.3 Å². The zero-order valence-corrected chi connectivity index (χ0v) is 9.73. The molecular weight excluding hydrogens is 202 g/mol. The number of hydrogen-bond donors (Lipinski definition) is 1. The molecule has 0 aliphatic heterocycles. The van der Waals surface area contributed by atoms with Gasteiger partial charge in [-0.05, 0) is 19.0 Å². The molecule has 16 heavy (non-hydrogen) atoms. The number of furan rings is 1. The standard InChI is InChI=1S/C12H17N3O/c1-3-5-13-8-12-11(4-6-16-12)10-7-14-15(2)9-10/h4,6-7,9,13H,3,5,8H2,1-2H3. The Hall–Kier alpha value is -1.55. The molecule has 2 aromatic heterocycles. The van der Waals surface area contributed by atoms with Gasteiger partial charge in [0.2, 0.25) is 0 Å². The first-order chi connectivity index (χ1) is 7.81. The van der Waals surface area contributed by atoms with Crippen LogP contribution in [-0.4, -0.2) is 16.3 Å². The highest BCUT2D eigenvalue weighted by atomic mass is 16.3. The van der Waals surface area contributed by atoms with Crippen molar-refractivity contribution in [3.05, 3.63) is 30.5 Å². The van der Waals surface area contributed by atoms with Gasteiger partial charge in [0.25, 0.3) is 0 Å². The Morgan fingerprint density at radius 2 is 2.38 bits per heavy atom. The van der Waals surface area contributed by atoms with Crippen molar-refractivity contribution in [2.45, 2.75) is 19.9 Å². The molecule has 4 nitrogen and oxygen atoms in total. The summed E-state index contributed by atoms with van der Waals surface area (Å²) < 4.78 is 7.27. The van der Waals surface area contributed by atoms with Crippen molar-refractivity contribution in [1.82, 2.24) is 15.1 Å². The SMILES string of the molecule is CCCNCc1occc1-c1cnn(C)c1. The summed E-state index contributed by atoms with van der Waals surface area (Å²) in [7, 11) is 1.92. The third-order valence-corrected chi connectivity index (χ3v) is 2.47. The molecule has 2 heterocycles. The average molecular weight is 219 g/mol. The van der Waals surface area contributed by atoms with Crippen LogP contribution < -0.4 is 5.32 Å². The topological polar surface area (TPSA) is 43.0 Å². The summed E-state index contributed by atoms with van der Waals surface area (Å²) in [6.45, 7) is 3.93. The molecule has 2 rings (SSSR count). The minimum absolute atomic E-state index is 0.769. The lowest BCUT2D eigenvalue weighted by Crippen LogP contribution is -2.13. The van der Waals surface area contributed by atoms with Crippen LogP contribution in [0.25, 0.3) is 11.1 Å². The van der Waals surface area contributed by atoms with Crippen LogP contribution in [0, 0.1) is 0 Å². The second kappa shape index (κ2) is 4.99. The molecule has 4 heteroatoms. The minimum atomic E-state index is 0.769. The Kier molecular flexibility index (Phi) is 3.41. The third kappa shape index (κ3) is 2.33. The molecule has 0 saturated carbocycles. The van der Waals surface area contributed by atoms with Crippen LogP contribution in [0.15, 0.2) is 29.1 Å². The van der Waals surface area contributed by atoms with Crippen LogP contribution in [0.5, 0.6) is 0 Å². The first-order valence-corrected chi connectivity index (χ1v) is 5.57. The van der Waals surface area contributed by atoms with Crippen LogP contribution in [0.3, 0.4) is 0 Å². The van der Waals surface area contributed by atoms with Gasteiger partial charge in [-0.3, -0.25) is 4.68 Å². The van der Waals surface area contributed by atoms with Crippen LogP contribution in [0.4, 0.5) is 0 Å². The monoisotopic (exact) mass is 219 g/mol. The maximum Gasteiger partial charge on any atom is 0.125 e. The fourth-order valence-corrected chi connectivity index (χ4v) is 1.67. The van der Waals surface area contributed by atoms with Crippen molar-refractivity contribution < 1.29 is 4.42 Å². The number of rotatable bonds is 5. The van der Waals surface area contributed by atoms with E-state index in [1.54, 1.807) is 10.9 Å². The quantitative estimate of drug-likeness (QED) is 0.784. The molecule has 0 atom stereocenters. The molecule has 86 valence electrons. The Bertz CT molecular complexity index is 445. The van der Waals surface area contributed by atoms with Gasteiger partial charge >= 0.3 is 0 Å². The molecule has 0 bridgehead atoms. The molecule has 0 saturated heterocycles. The zero-order chi connectivity index (χ0) is 11.4. The molecule has 0 aliphatic rings. The number of aromatic nitrogens is 2. The summed E-state index contributed by atoms with van der Waals surface area (Å²) in [6.07, 6.45) is 6.70. The Morgan fingerprint density at radius 3 is 3.06 bits per heavy atom. The first-order valence-electron chi connectivity index (χ1n) is 5.57. The molecular formula is C12H17N3O. The third-order valence-electron chi connectivity index (χ3n) is 2.47. The van der Waals surface area contributed by atoms with Gasteiger partial charge in [-0.25, -0.2) is 0 Å². The summed E-state index contributed by atoms with van der Waals surface area (Å²) in [4.78, 5) is 0. The van der Waals surface area contributed by atoms with E-state index in [4.69, 9.17) is 4.42 Å². The molecule has 1 N–H and O–H groups in total. The van der Waals surface area contributed by atoms with Crippen molar-refractivity contribution in [2.75, 3.05) is 6.54 Å². The van der Waals surface area contributed by atoms with Crippen molar-refractivity contribution in [3.8, 4) is 11.1 Å². The van der Waals surface area contributed by atoms with E-state index < -0.39 is 0 Å². The number of nitrogens with zero attached hydrogens (tertiary/aromatic N) is 2. The largest absolute Gasteiger partial charge is 0.467 e. The Labute approximate surface area is 95.3 Å². The second-order valence-electron chi connectivity index (χ2n) is 3.84. The highest BCUT2D eigenvalue weighted by Gasteiger charge is 2.09. The van der Waals surface area contributed by atoms with Gasteiger partial charge < -0.3 is 9.73 Å². The summed E-state index contributed by atoms with van der Waals surface area (Å²) >= 11 is 0. The number of nitrogens with one attached hydrogen (secondary N) is 1. The van der Waals surface area contributed by atoms with Crippen LogP contribution in [-0.2, 0) is 13.6 Å². The van der Waals surface area contributed by atoms with Crippen molar-refractivity contribution >= 4 is 0 Å². The predicted molar refractivity (Wildman–Crippen MR) is 62.9 cm³/mol.